The molecular formula is C9H8BrN5O. The number of aromatic nitrogens is 4. The lowest BCUT2D eigenvalue weighted by molar-refractivity contribution is 0.0949. The molecule has 2 aromatic heterocycles. The highest BCUT2D eigenvalue weighted by Gasteiger charge is 2.06. The number of carbonyl (C=O) groups is 1. The monoisotopic (exact) mass is 281 g/mol. The fraction of sp³-hybridized carbons (Fsp3) is 0.111. The molecule has 1 amide bonds. The van der Waals surface area contributed by atoms with E-state index in [2.05, 4.69) is 41.4 Å². The van der Waals surface area contributed by atoms with E-state index in [-0.39, 0.29) is 5.91 Å². The summed E-state index contributed by atoms with van der Waals surface area (Å²) >= 11 is 3.25. The average molecular weight is 282 g/mol. The van der Waals surface area contributed by atoms with E-state index in [0.29, 0.717) is 17.9 Å². The van der Waals surface area contributed by atoms with E-state index in [1.54, 1.807) is 12.3 Å². The number of aromatic amines is 1. The van der Waals surface area contributed by atoms with Gasteiger partial charge < -0.3 is 5.32 Å². The Balaban J connectivity index is 1.98. The van der Waals surface area contributed by atoms with E-state index in [0.717, 1.165) is 4.47 Å². The van der Waals surface area contributed by atoms with Crippen molar-refractivity contribution in [2.75, 3.05) is 0 Å². The lowest BCUT2D eigenvalue weighted by atomic mass is 10.3. The van der Waals surface area contributed by atoms with Crippen molar-refractivity contribution < 1.29 is 4.79 Å². The van der Waals surface area contributed by atoms with Crippen molar-refractivity contribution >= 4 is 21.8 Å². The van der Waals surface area contributed by atoms with Gasteiger partial charge in [-0.3, -0.25) is 14.9 Å². The van der Waals surface area contributed by atoms with Gasteiger partial charge in [0.2, 0.25) is 0 Å². The van der Waals surface area contributed by atoms with E-state index >= 15 is 0 Å². The summed E-state index contributed by atoms with van der Waals surface area (Å²) in [7, 11) is 0. The van der Waals surface area contributed by atoms with Gasteiger partial charge in [-0.2, -0.15) is 5.10 Å². The Labute approximate surface area is 99.6 Å². The molecular weight excluding hydrogens is 274 g/mol. The predicted octanol–water partition coefficient (Wildman–Crippen LogP) is 0.892. The average Bonchev–Trinajstić information content (AvgIpc) is 2.78. The predicted molar refractivity (Wildman–Crippen MR) is 59.5 cm³/mol. The minimum absolute atomic E-state index is 0.204. The normalized spacial score (nSPS) is 10.1. The Kier molecular flexibility index (Phi) is 3.25. The molecule has 0 aliphatic rings. The number of nitrogens with zero attached hydrogens (tertiary/aromatic N) is 3. The smallest absolute Gasteiger partial charge is 0.253 e. The fourth-order valence-corrected chi connectivity index (χ4v) is 1.48. The van der Waals surface area contributed by atoms with Crippen LogP contribution >= 0.6 is 15.9 Å². The maximum Gasteiger partial charge on any atom is 0.253 e. The Morgan fingerprint density at radius 2 is 2.38 bits per heavy atom. The molecule has 0 fully saturated rings. The zero-order valence-electron chi connectivity index (χ0n) is 8.14. The fourth-order valence-electron chi connectivity index (χ4n) is 1.12. The molecule has 0 atom stereocenters. The molecule has 0 bridgehead atoms. The van der Waals surface area contributed by atoms with Crippen LogP contribution in [0.15, 0.2) is 29.3 Å². The summed E-state index contributed by atoms with van der Waals surface area (Å²) in [6.07, 6.45) is 4.51. The van der Waals surface area contributed by atoms with Crippen molar-refractivity contribution in [1.29, 1.82) is 0 Å². The van der Waals surface area contributed by atoms with Crippen LogP contribution in [0.3, 0.4) is 0 Å². The van der Waals surface area contributed by atoms with Crippen molar-refractivity contribution in [1.82, 2.24) is 25.5 Å². The molecule has 0 unspecified atom stereocenters. The van der Waals surface area contributed by atoms with Gasteiger partial charge in [-0.05, 0) is 22.0 Å². The number of hydrogen-bond donors (Lipinski definition) is 2. The first-order chi connectivity index (χ1) is 7.75. The van der Waals surface area contributed by atoms with Gasteiger partial charge in [0.15, 0.2) is 0 Å². The Bertz CT molecular complexity index is 484. The van der Waals surface area contributed by atoms with Crippen LogP contribution in [0.5, 0.6) is 0 Å². The highest BCUT2D eigenvalue weighted by molar-refractivity contribution is 9.10. The number of hydrogen-bond acceptors (Lipinski definition) is 4. The second-order valence-electron chi connectivity index (χ2n) is 3.01. The number of halogens is 1. The molecule has 0 aliphatic carbocycles. The van der Waals surface area contributed by atoms with E-state index < -0.39 is 0 Å². The molecule has 6 nitrogen and oxygen atoms in total. The van der Waals surface area contributed by atoms with Crippen molar-refractivity contribution in [2.45, 2.75) is 6.54 Å². The summed E-state index contributed by atoms with van der Waals surface area (Å²) in [4.78, 5) is 19.5. The number of rotatable bonds is 3. The third-order valence-corrected chi connectivity index (χ3v) is 2.28. The zero-order chi connectivity index (χ0) is 11.4. The van der Waals surface area contributed by atoms with E-state index in [4.69, 9.17) is 0 Å². The van der Waals surface area contributed by atoms with Crippen LogP contribution in [0.25, 0.3) is 0 Å². The first kappa shape index (κ1) is 10.7. The topological polar surface area (TPSA) is 83.6 Å². The zero-order valence-corrected chi connectivity index (χ0v) is 9.73. The van der Waals surface area contributed by atoms with Gasteiger partial charge in [0.25, 0.3) is 5.91 Å². The van der Waals surface area contributed by atoms with E-state index in [1.165, 1.54) is 12.5 Å². The van der Waals surface area contributed by atoms with Gasteiger partial charge in [0, 0.05) is 16.9 Å². The van der Waals surface area contributed by atoms with Crippen molar-refractivity contribution in [3.05, 3.63) is 40.6 Å². The lowest BCUT2D eigenvalue weighted by Crippen LogP contribution is -2.23. The molecule has 2 heterocycles. The summed E-state index contributed by atoms with van der Waals surface area (Å²) in [5.41, 5.74) is 0.494. The van der Waals surface area contributed by atoms with Crippen molar-refractivity contribution in [2.24, 2.45) is 0 Å². The molecule has 0 saturated heterocycles. The Hall–Kier alpha value is -1.76. The molecule has 2 N–H and O–H groups in total. The molecule has 7 heteroatoms. The van der Waals surface area contributed by atoms with Crippen LogP contribution in [0, 0.1) is 0 Å². The maximum atomic E-state index is 11.7. The third-order valence-electron chi connectivity index (χ3n) is 1.85. The van der Waals surface area contributed by atoms with Crippen LogP contribution < -0.4 is 5.32 Å². The standard InChI is InChI=1S/C9H8BrN5O/c10-7-1-6(2-11-3-7)9(16)12-4-8-13-5-14-15-8/h1-3,5H,4H2,(H,12,16)(H,13,14,15). The summed E-state index contributed by atoms with van der Waals surface area (Å²) in [5, 5.41) is 9.03. The van der Waals surface area contributed by atoms with Gasteiger partial charge in [-0.15, -0.1) is 0 Å². The lowest BCUT2D eigenvalue weighted by Gasteiger charge is -2.02. The number of amides is 1. The molecule has 0 saturated carbocycles. The quantitative estimate of drug-likeness (QED) is 0.875. The highest BCUT2D eigenvalue weighted by atomic mass is 79.9. The van der Waals surface area contributed by atoms with Gasteiger partial charge in [0.1, 0.15) is 12.2 Å². The molecule has 0 aliphatic heterocycles. The summed E-state index contributed by atoms with van der Waals surface area (Å²) in [6.45, 7) is 0.311. The highest BCUT2D eigenvalue weighted by Crippen LogP contribution is 2.09. The van der Waals surface area contributed by atoms with E-state index in [1.807, 2.05) is 0 Å². The second-order valence-corrected chi connectivity index (χ2v) is 3.92. The molecule has 82 valence electrons. The molecule has 0 spiro atoms. The van der Waals surface area contributed by atoms with Crippen LogP contribution in [0.2, 0.25) is 0 Å². The number of pyridine rings is 1. The first-order valence-corrected chi connectivity index (χ1v) is 5.28. The van der Waals surface area contributed by atoms with Crippen LogP contribution in [0.1, 0.15) is 16.2 Å². The molecule has 2 rings (SSSR count). The SMILES string of the molecule is O=C(NCc1ncn[nH]1)c1cncc(Br)c1. The first-order valence-electron chi connectivity index (χ1n) is 4.48. The summed E-state index contributed by atoms with van der Waals surface area (Å²) in [5.74, 6) is 0.404. The van der Waals surface area contributed by atoms with Gasteiger partial charge in [0.05, 0.1) is 12.1 Å². The Morgan fingerprint density at radius 1 is 1.50 bits per heavy atom. The third kappa shape index (κ3) is 2.63. The largest absolute Gasteiger partial charge is 0.345 e. The minimum Gasteiger partial charge on any atom is -0.345 e. The van der Waals surface area contributed by atoms with Crippen LogP contribution in [0.4, 0.5) is 0 Å². The number of nitrogens with one attached hydrogen (secondary N) is 2. The van der Waals surface area contributed by atoms with E-state index in [9.17, 15) is 4.79 Å². The summed E-state index contributed by atoms with van der Waals surface area (Å²) < 4.78 is 0.764. The van der Waals surface area contributed by atoms with Gasteiger partial charge in [-0.1, -0.05) is 0 Å². The summed E-state index contributed by atoms with van der Waals surface area (Å²) in [6, 6.07) is 1.70. The van der Waals surface area contributed by atoms with Crippen LogP contribution in [-0.2, 0) is 6.54 Å². The molecule has 16 heavy (non-hydrogen) atoms. The van der Waals surface area contributed by atoms with Crippen LogP contribution in [-0.4, -0.2) is 26.1 Å². The molecule has 0 radical (unpaired) electrons. The minimum atomic E-state index is -0.204. The van der Waals surface area contributed by atoms with Crippen molar-refractivity contribution in [3.8, 4) is 0 Å². The molecule has 0 aromatic carbocycles. The Morgan fingerprint density at radius 3 is 3.06 bits per heavy atom. The molecule has 2 aromatic rings. The number of H-pyrrole nitrogens is 1. The second kappa shape index (κ2) is 4.84. The van der Waals surface area contributed by atoms with Crippen molar-refractivity contribution in [3.63, 3.8) is 0 Å². The van der Waals surface area contributed by atoms with Gasteiger partial charge in [-0.25, -0.2) is 4.98 Å². The van der Waals surface area contributed by atoms with Gasteiger partial charge >= 0.3 is 0 Å². The number of carbonyl (C=O) groups excluding carboxylic acids is 1. The maximum absolute atomic E-state index is 11.7.